The Morgan fingerprint density at radius 3 is 2.19 bits per heavy atom. The molecule has 0 aliphatic carbocycles. The highest BCUT2D eigenvalue weighted by Crippen LogP contribution is 2.13. The number of aliphatic hydroxyl groups excluding tert-OH is 1. The van der Waals surface area contributed by atoms with Crippen molar-refractivity contribution in [3.05, 3.63) is 0 Å². The zero-order valence-corrected chi connectivity index (χ0v) is 9.88. The van der Waals surface area contributed by atoms with Crippen molar-refractivity contribution < 1.29 is 14.7 Å². The summed E-state index contributed by atoms with van der Waals surface area (Å²) in [6.45, 7) is 3.41. The van der Waals surface area contributed by atoms with Crippen LogP contribution in [0.25, 0.3) is 0 Å². The van der Waals surface area contributed by atoms with Crippen molar-refractivity contribution in [2.45, 2.75) is 32.2 Å². The second-order valence-corrected chi connectivity index (χ2v) is 3.67. The number of hydrogen-bond donors (Lipinski definition) is 4. The minimum Gasteiger partial charge on any atom is -0.394 e. The van der Waals surface area contributed by atoms with Crippen molar-refractivity contribution in [1.29, 1.82) is 0 Å². The number of aliphatic hydroxyl groups is 1. The van der Waals surface area contributed by atoms with Gasteiger partial charge < -0.3 is 21.5 Å². The summed E-state index contributed by atoms with van der Waals surface area (Å²) in [4.78, 5) is 22.3. The summed E-state index contributed by atoms with van der Waals surface area (Å²) in [5.41, 5.74) is 4.49. The van der Waals surface area contributed by atoms with Gasteiger partial charge in [0.1, 0.15) is 0 Å². The zero-order chi connectivity index (χ0) is 12.6. The van der Waals surface area contributed by atoms with Gasteiger partial charge in [-0.2, -0.15) is 0 Å². The number of nitrogens with one attached hydrogen (secondary N) is 2. The maximum absolute atomic E-state index is 11.5. The normalized spacial score (nSPS) is 11.0. The van der Waals surface area contributed by atoms with Crippen LogP contribution < -0.4 is 16.4 Å². The number of hydrogen-bond acceptors (Lipinski definition) is 4. The second kappa shape index (κ2) is 7.19. The van der Waals surface area contributed by atoms with Crippen LogP contribution in [-0.2, 0) is 9.59 Å². The highest BCUT2D eigenvalue weighted by molar-refractivity contribution is 5.85. The SMILES string of the molecule is CCC(CC)(CO)NC(=O)CNC(=O)CN. The Balaban J connectivity index is 4.15. The molecule has 0 rings (SSSR count). The lowest BCUT2D eigenvalue weighted by atomic mass is 9.94. The largest absolute Gasteiger partial charge is 0.394 e. The molecule has 0 unspecified atom stereocenters. The van der Waals surface area contributed by atoms with Gasteiger partial charge in [-0.1, -0.05) is 13.8 Å². The predicted molar refractivity (Wildman–Crippen MR) is 60.6 cm³/mol. The first-order valence-corrected chi connectivity index (χ1v) is 5.42. The molecule has 2 amide bonds. The van der Waals surface area contributed by atoms with E-state index in [4.69, 9.17) is 5.73 Å². The Labute approximate surface area is 95.6 Å². The van der Waals surface area contributed by atoms with E-state index < -0.39 is 5.54 Å². The Morgan fingerprint density at radius 2 is 1.81 bits per heavy atom. The van der Waals surface area contributed by atoms with Crippen molar-refractivity contribution >= 4 is 11.8 Å². The van der Waals surface area contributed by atoms with Crippen molar-refractivity contribution in [2.75, 3.05) is 19.7 Å². The van der Waals surface area contributed by atoms with E-state index in [0.29, 0.717) is 12.8 Å². The predicted octanol–water partition coefficient (Wildman–Crippen LogP) is -1.27. The lowest BCUT2D eigenvalue weighted by Gasteiger charge is -2.30. The molecule has 0 fully saturated rings. The molecular weight excluding hydrogens is 210 g/mol. The molecule has 94 valence electrons. The molecule has 0 saturated carbocycles. The fourth-order valence-corrected chi connectivity index (χ4v) is 1.28. The molecule has 6 heteroatoms. The molecule has 0 aromatic rings. The van der Waals surface area contributed by atoms with E-state index in [1.807, 2.05) is 13.8 Å². The topological polar surface area (TPSA) is 104 Å². The maximum atomic E-state index is 11.5. The highest BCUT2D eigenvalue weighted by atomic mass is 16.3. The molecule has 0 heterocycles. The Hall–Kier alpha value is -1.14. The van der Waals surface area contributed by atoms with Gasteiger partial charge >= 0.3 is 0 Å². The molecule has 0 spiro atoms. The van der Waals surface area contributed by atoms with Gasteiger partial charge in [0.25, 0.3) is 0 Å². The molecule has 0 atom stereocenters. The summed E-state index contributed by atoms with van der Waals surface area (Å²) in [5.74, 6) is -0.697. The van der Waals surface area contributed by atoms with E-state index in [1.54, 1.807) is 0 Å². The number of rotatable bonds is 7. The summed E-state index contributed by atoms with van der Waals surface area (Å²) in [7, 11) is 0. The van der Waals surface area contributed by atoms with Gasteiger partial charge in [0.15, 0.2) is 0 Å². The van der Waals surface area contributed by atoms with E-state index in [1.165, 1.54) is 0 Å². The summed E-state index contributed by atoms with van der Waals surface area (Å²) in [6.07, 6.45) is 1.27. The summed E-state index contributed by atoms with van der Waals surface area (Å²) >= 11 is 0. The average Bonchev–Trinajstić information content (AvgIpc) is 2.33. The molecule has 5 N–H and O–H groups in total. The highest BCUT2D eigenvalue weighted by Gasteiger charge is 2.26. The van der Waals surface area contributed by atoms with Crippen LogP contribution in [0.15, 0.2) is 0 Å². The molecule has 6 nitrogen and oxygen atoms in total. The van der Waals surface area contributed by atoms with Crippen molar-refractivity contribution in [3.8, 4) is 0 Å². The fraction of sp³-hybridized carbons (Fsp3) is 0.800. The van der Waals surface area contributed by atoms with Crippen LogP contribution in [0.3, 0.4) is 0 Å². The molecule has 0 aromatic heterocycles. The van der Waals surface area contributed by atoms with Crippen LogP contribution in [-0.4, -0.2) is 42.2 Å². The maximum Gasteiger partial charge on any atom is 0.239 e. The second-order valence-electron chi connectivity index (χ2n) is 3.67. The monoisotopic (exact) mass is 231 g/mol. The summed E-state index contributed by atoms with van der Waals surface area (Å²) in [5, 5.41) is 14.3. The molecule has 0 aliphatic heterocycles. The van der Waals surface area contributed by atoms with Gasteiger partial charge in [0.2, 0.25) is 11.8 Å². The first-order valence-electron chi connectivity index (χ1n) is 5.42. The van der Waals surface area contributed by atoms with Crippen LogP contribution in [0.5, 0.6) is 0 Å². The third-order valence-electron chi connectivity index (χ3n) is 2.69. The minimum absolute atomic E-state index is 0.113. The van der Waals surface area contributed by atoms with E-state index in [9.17, 15) is 14.7 Å². The standard InChI is InChI=1S/C10H21N3O3/c1-3-10(4-2,7-14)13-9(16)6-12-8(15)5-11/h14H,3-7,11H2,1-2H3,(H,12,15)(H,13,16). The third-order valence-corrected chi connectivity index (χ3v) is 2.69. The fourth-order valence-electron chi connectivity index (χ4n) is 1.28. The molecule has 0 aliphatic rings. The van der Waals surface area contributed by atoms with Gasteiger partial charge in [-0.25, -0.2) is 0 Å². The zero-order valence-electron chi connectivity index (χ0n) is 9.88. The van der Waals surface area contributed by atoms with E-state index in [2.05, 4.69) is 10.6 Å². The molecule has 0 radical (unpaired) electrons. The van der Waals surface area contributed by atoms with Crippen molar-refractivity contribution in [1.82, 2.24) is 10.6 Å². The molecule has 0 aromatic carbocycles. The first kappa shape index (κ1) is 14.9. The first-order chi connectivity index (χ1) is 7.53. The summed E-state index contributed by atoms with van der Waals surface area (Å²) in [6, 6.07) is 0. The van der Waals surface area contributed by atoms with Gasteiger partial charge in [0, 0.05) is 0 Å². The third kappa shape index (κ3) is 4.59. The quantitative estimate of drug-likeness (QED) is 0.438. The number of nitrogens with two attached hydrogens (primary N) is 1. The Kier molecular flexibility index (Phi) is 6.67. The lowest BCUT2D eigenvalue weighted by molar-refractivity contribution is -0.127. The number of carbonyl (C=O) groups is 2. The molecular formula is C10H21N3O3. The average molecular weight is 231 g/mol. The van der Waals surface area contributed by atoms with Crippen LogP contribution in [0.2, 0.25) is 0 Å². The minimum atomic E-state index is -0.593. The smallest absolute Gasteiger partial charge is 0.239 e. The molecule has 0 bridgehead atoms. The Morgan fingerprint density at radius 1 is 1.25 bits per heavy atom. The number of carbonyl (C=O) groups excluding carboxylic acids is 2. The van der Waals surface area contributed by atoms with Gasteiger partial charge in [-0.15, -0.1) is 0 Å². The van der Waals surface area contributed by atoms with E-state index in [-0.39, 0.29) is 31.5 Å². The van der Waals surface area contributed by atoms with Crippen LogP contribution in [0.4, 0.5) is 0 Å². The van der Waals surface area contributed by atoms with Crippen molar-refractivity contribution in [2.24, 2.45) is 5.73 Å². The van der Waals surface area contributed by atoms with Crippen LogP contribution in [0, 0.1) is 0 Å². The summed E-state index contributed by atoms with van der Waals surface area (Å²) < 4.78 is 0. The lowest BCUT2D eigenvalue weighted by Crippen LogP contribution is -2.53. The van der Waals surface area contributed by atoms with Crippen LogP contribution in [0.1, 0.15) is 26.7 Å². The molecule has 16 heavy (non-hydrogen) atoms. The van der Waals surface area contributed by atoms with Gasteiger partial charge in [-0.3, -0.25) is 9.59 Å². The van der Waals surface area contributed by atoms with Gasteiger partial charge in [0.05, 0.1) is 25.2 Å². The van der Waals surface area contributed by atoms with E-state index in [0.717, 1.165) is 0 Å². The Bertz CT molecular complexity index is 231. The van der Waals surface area contributed by atoms with Crippen LogP contribution >= 0.6 is 0 Å². The van der Waals surface area contributed by atoms with Crippen molar-refractivity contribution in [3.63, 3.8) is 0 Å². The number of amides is 2. The molecule has 0 saturated heterocycles. The van der Waals surface area contributed by atoms with E-state index >= 15 is 0 Å². The van der Waals surface area contributed by atoms with Gasteiger partial charge in [-0.05, 0) is 12.8 Å².